The molecule has 1 heterocycles. The third-order valence-corrected chi connectivity index (χ3v) is 7.56. The molecule has 1 saturated heterocycles. The van der Waals surface area contributed by atoms with Crippen molar-refractivity contribution in [3.8, 4) is 11.5 Å². The summed E-state index contributed by atoms with van der Waals surface area (Å²) in [4.78, 5) is 2.52. The van der Waals surface area contributed by atoms with Crippen molar-refractivity contribution in [2.24, 2.45) is 0 Å². The first-order chi connectivity index (χ1) is 18.3. The van der Waals surface area contributed by atoms with Crippen molar-refractivity contribution in [2.45, 2.75) is 129 Å². The van der Waals surface area contributed by atoms with Crippen LogP contribution in [-0.2, 0) is 11.2 Å². The highest BCUT2D eigenvalue weighted by Crippen LogP contribution is 2.30. The van der Waals surface area contributed by atoms with Gasteiger partial charge in [0.1, 0.15) is 0 Å². The van der Waals surface area contributed by atoms with E-state index in [2.05, 4.69) is 36.9 Å². The van der Waals surface area contributed by atoms with Crippen molar-refractivity contribution in [1.29, 1.82) is 0 Å². The summed E-state index contributed by atoms with van der Waals surface area (Å²) in [6.45, 7) is 11.2. The lowest BCUT2D eigenvalue weighted by molar-refractivity contribution is 0.0374. The van der Waals surface area contributed by atoms with Gasteiger partial charge in [0.15, 0.2) is 11.5 Å². The van der Waals surface area contributed by atoms with E-state index in [4.69, 9.17) is 14.2 Å². The van der Waals surface area contributed by atoms with Gasteiger partial charge >= 0.3 is 0 Å². The average molecular weight is 518 g/mol. The van der Waals surface area contributed by atoms with E-state index in [9.17, 15) is 0 Å². The Balaban J connectivity index is 1.72. The number of ether oxygens (including phenoxy) is 3. The zero-order chi connectivity index (χ0) is 26.2. The number of nitrogens with zero attached hydrogens (tertiary/aromatic N) is 1. The van der Waals surface area contributed by atoms with Crippen LogP contribution in [0, 0.1) is 0 Å². The summed E-state index contributed by atoms with van der Waals surface area (Å²) in [5.74, 6) is 1.88. The van der Waals surface area contributed by atoms with Crippen molar-refractivity contribution in [2.75, 3.05) is 46.1 Å². The summed E-state index contributed by atoms with van der Waals surface area (Å²) in [6.07, 6.45) is 23.4. The number of rotatable bonds is 24. The van der Waals surface area contributed by atoms with Crippen LogP contribution in [0.15, 0.2) is 18.2 Å². The second-order valence-electron chi connectivity index (χ2n) is 11.0. The summed E-state index contributed by atoms with van der Waals surface area (Å²) in [5, 5.41) is 0. The van der Waals surface area contributed by atoms with E-state index in [1.165, 1.54) is 102 Å². The van der Waals surface area contributed by atoms with Gasteiger partial charge in [-0.05, 0) is 49.9 Å². The van der Waals surface area contributed by atoms with Crippen LogP contribution >= 0.6 is 0 Å². The lowest BCUT2D eigenvalue weighted by atomic mass is 10.1. The van der Waals surface area contributed by atoms with Gasteiger partial charge in [-0.25, -0.2) is 0 Å². The van der Waals surface area contributed by atoms with Crippen molar-refractivity contribution < 1.29 is 14.2 Å². The van der Waals surface area contributed by atoms with Crippen molar-refractivity contribution in [1.82, 2.24) is 4.90 Å². The normalized spacial score (nSPS) is 14.2. The molecule has 0 unspecified atom stereocenters. The molecule has 0 spiro atoms. The summed E-state index contributed by atoms with van der Waals surface area (Å²) in [5.41, 5.74) is 1.36. The van der Waals surface area contributed by atoms with Gasteiger partial charge in [0.2, 0.25) is 0 Å². The van der Waals surface area contributed by atoms with Gasteiger partial charge < -0.3 is 14.2 Å². The fraction of sp³-hybridized carbons (Fsp3) is 0.818. The first kappa shape index (κ1) is 32.0. The van der Waals surface area contributed by atoms with E-state index < -0.39 is 0 Å². The van der Waals surface area contributed by atoms with E-state index in [1.54, 1.807) is 0 Å². The van der Waals surface area contributed by atoms with Gasteiger partial charge in [-0.1, -0.05) is 110 Å². The van der Waals surface area contributed by atoms with Crippen molar-refractivity contribution in [3.63, 3.8) is 0 Å². The highest BCUT2D eigenvalue weighted by atomic mass is 16.5. The molecule has 0 aliphatic carbocycles. The lowest BCUT2D eigenvalue weighted by Gasteiger charge is -2.26. The second kappa shape index (κ2) is 22.7. The molecule has 4 heteroatoms. The molecule has 0 amide bonds. The van der Waals surface area contributed by atoms with Crippen molar-refractivity contribution >= 4 is 0 Å². The van der Waals surface area contributed by atoms with Gasteiger partial charge in [-0.15, -0.1) is 0 Å². The minimum Gasteiger partial charge on any atom is -0.490 e. The van der Waals surface area contributed by atoms with Gasteiger partial charge in [0, 0.05) is 13.1 Å². The number of hydrogen-bond acceptors (Lipinski definition) is 4. The molecule has 0 radical (unpaired) electrons. The summed E-state index contributed by atoms with van der Waals surface area (Å²) in [7, 11) is 0. The predicted octanol–water partition coefficient (Wildman–Crippen LogP) is 8.99. The molecule has 37 heavy (non-hydrogen) atoms. The topological polar surface area (TPSA) is 30.9 Å². The van der Waals surface area contributed by atoms with Crippen LogP contribution in [0.2, 0.25) is 0 Å². The van der Waals surface area contributed by atoms with Crippen LogP contribution in [0.1, 0.15) is 129 Å². The summed E-state index contributed by atoms with van der Waals surface area (Å²) in [6, 6.07) is 6.64. The van der Waals surface area contributed by atoms with Gasteiger partial charge in [0.25, 0.3) is 0 Å². The Hall–Kier alpha value is -1.26. The molecule has 1 aliphatic rings. The van der Waals surface area contributed by atoms with E-state index >= 15 is 0 Å². The van der Waals surface area contributed by atoms with Crippen molar-refractivity contribution in [3.05, 3.63) is 23.8 Å². The van der Waals surface area contributed by atoms with E-state index in [0.717, 1.165) is 76.8 Å². The maximum Gasteiger partial charge on any atom is 0.161 e. The van der Waals surface area contributed by atoms with Crippen LogP contribution in [0.25, 0.3) is 0 Å². The summed E-state index contributed by atoms with van der Waals surface area (Å²) >= 11 is 0. The Kier molecular flexibility index (Phi) is 19.6. The third-order valence-electron chi connectivity index (χ3n) is 7.56. The van der Waals surface area contributed by atoms with Gasteiger partial charge in [-0.2, -0.15) is 0 Å². The number of unbranched alkanes of at least 4 members (excludes halogenated alkanes) is 14. The summed E-state index contributed by atoms with van der Waals surface area (Å²) < 4.78 is 18.0. The Morgan fingerprint density at radius 3 is 1.70 bits per heavy atom. The molecule has 0 saturated carbocycles. The van der Waals surface area contributed by atoms with Gasteiger partial charge in [-0.3, -0.25) is 4.90 Å². The molecule has 4 nitrogen and oxygen atoms in total. The number of benzene rings is 1. The Morgan fingerprint density at radius 1 is 0.622 bits per heavy atom. The SMILES string of the molecule is CCCCCCCCCCOc1ccc(CCCN2CCOCC2)cc1OCCCCCCCCCC. The van der Waals surface area contributed by atoms with E-state index in [1.807, 2.05) is 0 Å². The maximum absolute atomic E-state index is 6.30. The largest absolute Gasteiger partial charge is 0.490 e. The molecule has 0 N–H and O–H groups in total. The number of aryl methyl sites for hydroxylation is 1. The van der Waals surface area contributed by atoms with E-state index in [0.29, 0.717) is 0 Å². The van der Waals surface area contributed by atoms with Crippen LogP contribution < -0.4 is 9.47 Å². The molecule has 1 aromatic rings. The smallest absolute Gasteiger partial charge is 0.161 e. The van der Waals surface area contributed by atoms with E-state index in [-0.39, 0.29) is 0 Å². The molecule has 2 rings (SSSR count). The zero-order valence-electron chi connectivity index (χ0n) is 24.6. The van der Waals surface area contributed by atoms with Crippen LogP contribution in [0.4, 0.5) is 0 Å². The van der Waals surface area contributed by atoms with Gasteiger partial charge in [0.05, 0.1) is 26.4 Å². The third kappa shape index (κ3) is 16.3. The van der Waals surface area contributed by atoms with Crippen LogP contribution in [0.5, 0.6) is 11.5 Å². The molecule has 1 fully saturated rings. The molecule has 0 atom stereocenters. The Morgan fingerprint density at radius 2 is 1.14 bits per heavy atom. The monoisotopic (exact) mass is 517 g/mol. The maximum atomic E-state index is 6.30. The molecule has 1 aliphatic heterocycles. The first-order valence-corrected chi connectivity index (χ1v) is 16.0. The van der Waals surface area contributed by atoms with Crippen LogP contribution in [0.3, 0.4) is 0 Å². The fourth-order valence-corrected chi connectivity index (χ4v) is 5.11. The average Bonchev–Trinajstić information content (AvgIpc) is 2.92. The minimum atomic E-state index is 0.791. The molecule has 1 aromatic carbocycles. The minimum absolute atomic E-state index is 0.791. The highest BCUT2D eigenvalue weighted by molar-refractivity contribution is 5.43. The first-order valence-electron chi connectivity index (χ1n) is 16.0. The quantitative estimate of drug-likeness (QED) is 0.128. The predicted molar refractivity (Wildman–Crippen MR) is 158 cm³/mol. The standard InChI is InChI=1S/C33H59NO3/c1-3-5-7-9-11-13-15-17-26-36-32-22-21-31(20-19-23-34-24-28-35-29-25-34)30-33(32)37-27-18-16-14-12-10-8-6-4-2/h21-22,30H,3-20,23-29H2,1-2H3. The molecular weight excluding hydrogens is 458 g/mol. The Labute approximate surface area is 229 Å². The number of hydrogen-bond donors (Lipinski definition) is 0. The molecule has 0 aromatic heterocycles. The number of morpholine rings is 1. The fourth-order valence-electron chi connectivity index (χ4n) is 5.11. The second-order valence-corrected chi connectivity index (χ2v) is 11.0. The molecule has 214 valence electrons. The Bertz CT molecular complexity index is 644. The molecule has 0 bridgehead atoms. The van der Waals surface area contributed by atoms with Crippen LogP contribution in [-0.4, -0.2) is 51.0 Å². The molecular formula is C33H59NO3. The lowest BCUT2D eigenvalue weighted by Crippen LogP contribution is -2.36. The highest BCUT2D eigenvalue weighted by Gasteiger charge is 2.11. The zero-order valence-corrected chi connectivity index (χ0v) is 24.6.